The first-order chi connectivity index (χ1) is 10.2. The first-order valence-electron chi connectivity index (χ1n) is 7.02. The van der Waals surface area contributed by atoms with E-state index in [0.717, 1.165) is 13.3 Å². The molecule has 140 valence electrons. The van der Waals surface area contributed by atoms with Crippen LogP contribution < -0.4 is 0 Å². The van der Waals surface area contributed by atoms with Crippen molar-refractivity contribution in [2.45, 2.75) is 73.8 Å². The summed E-state index contributed by atoms with van der Waals surface area (Å²) < 4.78 is 116. The van der Waals surface area contributed by atoms with Crippen molar-refractivity contribution in [1.82, 2.24) is 0 Å². The Hall–Kier alpha value is 0.1000. The van der Waals surface area contributed by atoms with Crippen molar-refractivity contribution in [1.29, 1.82) is 0 Å². The molecule has 0 saturated carbocycles. The molecule has 10 heteroatoms. The number of hydrogen-bond donors (Lipinski definition) is 0. The van der Waals surface area contributed by atoms with Gasteiger partial charge in [0, 0.05) is 9.84 Å². The number of rotatable bonds is 9. The molecule has 2 unspecified atom stereocenters. The molecule has 0 heterocycles. The Morgan fingerprint density at radius 1 is 0.783 bits per heavy atom. The lowest BCUT2D eigenvalue weighted by Gasteiger charge is -2.39. The zero-order chi connectivity index (χ0) is 18.7. The zero-order valence-corrected chi connectivity index (χ0v) is 14.6. The number of unbranched alkanes of at least 4 members (excludes halogenated alkanes) is 2. The van der Waals surface area contributed by atoms with Crippen LogP contribution in [0.15, 0.2) is 0 Å². The maximum Gasteiger partial charge on any atom is 0.460 e. The number of hydrogen-bond acceptors (Lipinski definition) is 0. The quantitative estimate of drug-likeness (QED) is 0.149. The molecule has 0 spiro atoms. The van der Waals surface area contributed by atoms with E-state index in [1.165, 1.54) is 22.6 Å². The Morgan fingerprint density at radius 2 is 1.26 bits per heavy atom. The SMILES string of the molecule is CCCCCC(I)C(CC)C(F)(F)C(F)(F)C(F)(F)C(F)(F)F. The molecule has 0 saturated heterocycles. The van der Waals surface area contributed by atoms with Gasteiger partial charge in [-0.15, -0.1) is 0 Å². The first kappa shape index (κ1) is 23.1. The highest BCUT2D eigenvalue weighted by molar-refractivity contribution is 14.1. The van der Waals surface area contributed by atoms with Crippen LogP contribution in [0.2, 0.25) is 0 Å². The van der Waals surface area contributed by atoms with E-state index in [1.807, 2.05) is 6.92 Å². The molecule has 0 amide bonds. The van der Waals surface area contributed by atoms with Gasteiger partial charge in [-0.1, -0.05) is 55.7 Å². The van der Waals surface area contributed by atoms with E-state index < -0.39 is 40.2 Å². The van der Waals surface area contributed by atoms with E-state index in [2.05, 4.69) is 0 Å². The average molecular weight is 472 g/mol. The molecule has 0 nitrogen and oxygen atoms in total. The second kappa shape index (κ2) is 7.99. The minimum absolute atomic E-state index is 0.0379. The molecule has 2 atom stereocenters. The smallest absolute Gasteiger partial charge is 0.199 e. The normalized spacial score (nSPS) is 17.2. The van der Waals surface area contributed by atoms with Crippen LogP contribution in [0.5, 0.6) is 0 Å². The van der Waals surface area contributed by atoms with E-state index >= 15 is 0 Å². The van der Waals surface area contributed by atoms with E-state index in [-0.39, 0.29) is 6.42 Å². The summed E-state index contributed by atoms with van der Waals surface area (Å²) in [5, 5.41) is 0. The van der Waals surface area contributed by atoms with Gasteiger partial charge >= 0.3 is 23.9 Å². The Labute approximate surface area is 142 Å². The molecule has 0 aliphatic heterocycles. The van der Waals surface area contributed by atoms with Gasteiger partial charge in [-0.25, -0.2) is 0 Å². The van der Waals surface area contributed by atoms with Gasteiger partial charge in [0.15, 0.2) is 0 Å². The highest BCUT2D eigenvalue weighted by Gasteiger charge is 2.82. The van der Waals surface area contributed by atoms with Crippen LogP contribution in [0.4, 0.5) is 39.5 Å². The summed E-state index contributed by atoms with van der Waals surface area (Å²) in [7, 11) is 0. The van der Waals surface area contributed by atoms with Crippen molar-refractivity contribution >= 4 is 22.6 Å². The maximum atomic E-state index is 13.9. The van der Waals surface area contributed by atoms with Gasteiger partial charge in [-0.3, -0.25) is 0 Å². The van der Waals surface area contributed by atoms with Gasteiger partial charge in [0.25, 0.3) is 0 Å². The van der Waals surface area contributed by atoms with Gasteiger partial charge in [0.2, 0.25) is 0 Å². The van der Waals surface area contributed by atoms with Gasteiger partial charge < -0.3 is 0 Å². The summed E-state index contributed by atoms with van der Waals surface area (Å²) in [5.74, 6) is -21.1. The van der Waals surface area contributed by atoms with Gasteiger partial charge in [-0.05, 0) is 12.8 Å². The molecule has 0 bridgehead atoms. The molecular weight excluding hydrogens is 454 g/mol. The fourth-order valence-electron chi connectivity index (χ4n) is 2.15. The van der Waals surface area contributed by atoms with Gasteiger partial charge in [0.1, 0.15) is 0 Å². The largest absolute Gasteiger partial charge is 0.460 e. The number of halogens is 10. The standard InChI is InChI=1S/C13H18F9I/c1-3-5-6-7-9(23)8(4-2)10(14,15)11(16,17)12(18,19)13(20,21)22/h8-9H,3-7H2,1-2H3. The van der Waals surface area contributed by atoms with Crippen LogP contribution in [0.1, 0.15) is 46.0 Å². The third-order valence-corrected chi connectivity index (χ3v) is 5.09. The monoisotopic (exact) mass is 472 g/mol. The molecule has 0 aromatic carbocycles. The highest BCUT2D eigenvalue weighted by atomic mass is 127. The molecule has 0 aromatic heterocycles. The molecule has 0 aromatic rings. The van der Waals surface area contributed by atoms with Crippen molar-refractivity contribution in [3.63, 3.8) is 0 Å². The second-order valence-electron chi connectivity index (χ2n) is 5.30. The topological polar surface area (TPSA) is 0 Å². The van der Waals surface area contributed by atoms with Crippen LogP contribution in [-0.4, -0.2) is 27.9 Å². The summed E-state index contributed by atoms with van der Waals surface area (Å²) in [5.41, 5.74) is 0. The molecular formula is C13H18F9I. The van der Waals surface area contributed by atoms with Crippen molar-refractivity contribution in [2.24, 2.45) is 5.92 Å². The van der Waals surface area contributed by atoms with Crippen LogP contribution >= 0.6 is 22.6 Å². The van der Waals surface area contributed by atoms with Crippen molar-refractivity contribution in [3.05, 3.63) is 0 Å². The summed E-state index contributed by atoms with van der Waals surface area (Å²) in [6.07, 6.45) is -5.62. The molecule has 0 fully saturated rings. The van der Waals surface area contributed by atoms with Gasteiger partial charge in [0.05, 0.1) is 0 Å². The minimum atomic E-state index is -6.81. The molecule has 0 radical (unpaired) electrons. The van der Waals surface area contributed by atoms with E-state index in [9.17, 15) is 39.5 Å². The lowest BCUT2D eigenvalue weighted by Crippen LogP contribution is -2.63. The fraction of sp³-hybridized carbons (Fsp3) is 1.00. The minimum Gasteiger partial charge on any atom is -0.199 e. The van der Waals surface area contributed by atoms with E-state index in [1.54, 1.807) is 0 Å². The lowest BCUT2D eigenvalue weighted by molar-refractivity contribution is -0.403. The summed E-state index contributed by atoms with van der Waals surface area (Å²) in [6, 6.07) is 0. The Morgan fingerprint density at radius 3 is 1.61 bits per heavy atom. The van der Waals surface area contributed by atoms with E-state index in [4.69, 9.17) is 0 Å². The summed E-state index contributed by atoms with van der Waals surface area (Å²) >= 11 is 1.42. The van der Waals surface area contributed by atoms with Crippen molar-refractivity contribution < 1.29 is 39.5 Å². The molecule has 23 heavy (non-hydrogen) atoms. The zero-order valence-electron chi connectivity index (χ0n) is 12.5. The van der Waals surface area contributed by atoms with Crippen LogP contribution in [0, 0.1) is 5.92 Å². The Bertz CT molecular complexity index is 365. The summed E-state index contributed by atoms with van der Waals surface area (Å²) in [6.45, 7) is 2.87. The Balaban J connectivity index is 5.54. The molecule has 0 aliphatic rings. The lowest BCUT2D eigenvalue weighted by atomic mass is 9.85. The third kappa shape index (κ3) is 4.59. The predicted molar refractivity (Wildman–Crippen MR) is 76.6 cm³/mol. The van der Waals surface area contributed by atoms with Crippen molar-refractivity contribution in [2.75, 3.05) is 0 Å². The molecule has 0 N–H and O–H groups in total. The average Bonchev–Trinajstić information content (AvgIpc) is 2.37. The Kier molecular flexibility index (Phi) is 8.02. The van der Waals surface area contributed by atoms with Crippen molar-refractivity contribution in [3.8, 4) is 0 Å². The second-order valence-corrected chi connectivity index (χ2v) is 6.90. The molecule has 0 aliphatic carbocycles. The molecule has 0 rings (SSSR count). The van der Waals surface area contributed by atoms with Crippen LogP contribution in [0.25, 0.3) is 0 Å². The van der Waals surface area contributed by atoms with Crippen LogP contribution in [0.3, 0.4) is 0 Å². The third-order valence-electron chi connectivity index (χ3n) is 3.59. The van der Waals surface area contributed by atoms with Crippen LogP contribution in [-0.2, 0) is 0 Å². The van der Waals surface area contributed by atoms with E-state index in [0.29, 0.717) is 12.8 Å². The van der Waals surface area contributed by atoms with Gasteiger partial charge in [-0.2, -0.15) is 39.5 Å². The highest BCUT2D eigenvalue weighted by Crippen LogP contribution is 2.56. The summed E-state index contributed by atoms with van der Waals surface area (Å²) in [4.78, 5) is 0. The number of alkyl halides is 10. The maximum absolute atomic E-state index is 13.9. The predicted octanol–water partition coefficient (Wildman–Crippen LogP) is 6.86. The fourth-order valence-corrected chi connectivity index (χ4v) is 3.55. The first-order valence-corrected chi connectivity index (χ1v) is 8.27.